The third-order valence-corrected chi connectivity index (χ3v) is 2.01. The number of hydrogen-bond acceptors (Lipinski definition) is 2. The van der Waals surface area contributed by atoms with E-state index < -0.39 is 37.3 Å². The zero-order valence-corrected chi connectivity index (χ0v) is 8.39. The Morgan fingerprint density at radius 3 is 2.40 bits per heavy atom. The summed E-state index contributed by atoms with van der Waals surface area (Å²) >= 11 is 0. The van der Waals surface area contributed by atoms with Gasteiger partial charge in [-0.15, -0.1) is 0 Å². The Hall–Kier alpha value is -1.32. The molecular weight excluding hydrogens is 187 g/mol. The van der Waals surface area contributed by atoms with Crippen LogP contribution in [-0.2, 0) is 9.31 Å². The molecule has 0 aromatic heterocycles. The largest absolute Gasteiger partial charge is 0.494 e. The van der Waals surface area contributed by atoms with Crippen molar-refractivity contribution in [1.82, 2.24) is 0 Å². The van der Waals surface area contributed by atoms with Crippen molar-refractivity contribution in [3.63, 3.8) is 0 Å². The summed E-state index contributed by atoms with van der Waals surface area (Å²) in [5, 5.41) is -0.133. The van der Waals surface area contributed by atoms with Crippen LogP contribution >= 0.6 is 0 Å². The van der Waals surface area contributed by atoms with Gasteiger partial charge in [0.1, 0.15) is 0 Å². The van der Waals surface area contributed by atoms with Crippen LogP contribution in [0.1, 0.15) is 9.60 Å². The molecule has 2 aromatic carbocycles. The fraction of sp³-hybridized carbons (Fsp3) is 0.167. The van der Waals surface area contributed by atoms with Crippen molar-refractivity contribution < 1.29 is 18.9 Å². The van der Waals surface area contributed by atoms with E-state index in [9.17, 15) is 0 Å². The quantitative estimate of drug-likeness (QED) is 0.715. The standard InChI is InChI=1S/C12H13BO2/c1-14-13(15-2)12-9-5-7-10-6-3-4-8-11(10)12/h3-9H,1-2H3/i3D,4D,5D,6D,7D,8D,9D. The lowest BCUT2D eigenvalue weighted by Gasteiger charge is -2.11. The van der Waals surface area contributed by atoms with Gasteiger partial charge >= 0.3 is 7.12 Å². The molecule has 0 amide bonds. The van der Waals surface area contributed by atoms with Gasteiger partial charge in [-0.3, -0.25) is 0 Å². The van der Waals surface area contributed by atoms with Crippen LogP contribution in [0.4, 0.5) is 0 Å². The first-order chi connectivity index (χ1) is 10.3. The van der Waals surface area contributed by atoms with Crippen molar-refractivity contribution in [3.8, 4) is 0 Å². The summed E-state index contributed by atoms with van der Waals surface area (Å²) in [4.78, 5) is 0. The Kier molecular flexibility index (Phi) is 1.40. The fourth-order valence-corrected chi connectivity index (χ4v) is 1.34. The summed E-state index contributed by atoms with van der Waals surface area (Å²) in [5.74, 6) is 0. The van der Waals surface area contributed by atoms with Crippen molar-refractivity contribution in [2.45, 2.75) is 0 Å². The van der Waals surface area contributed by atoms with E-state index in [1.165, 1.54) is 14.2 Å². The normalized spacial score (nSPS) is 17.1. The molecular formula is C12H13BO2. The molecule has 0 aliphatic rings. The fourth-order valence-electron chi connectivity index (χ4n) is 1.34. The van der Waals surface area contributed by atoms with Gasteiger partial charge in [0.25, 0.3) is 0 Å². The van der Waals surface area contributed by atoms with Crippen LogP contribution in [0.15, 0.2) is 42.3 Å². The third-order valence-electron chi connectivity index (χ3n) is 2.01. The highest BCUT2D eigenvalue weighted by molar-refractivity contribution is 6.64. The molecule has 0 radical (unpaired) electrons. The van der Waals surface area contributed by atoms with Crippen LogP contribution in [0, 0.1) is 0 Å². The molecule has 2 aromatic rings. The molecule has 0 bridgehead atoms. The molecule has 0 unspecified atom stereocenters. The zero-order chi connectivity index (χ0) is 16.8. The smallest absolute Gasteiger partial charge is 0.410 e. The lowest BCUT2D eigenvalue weighted by Crippen LogP contribution is -2.35. The van der Waals surface area contributed by atoms with Gasteiger partial charge in [-0.25, -0.2) is 0 Å². The molecule has 3 heteroatoms. The highest BCUT2D eigenvalue weighted by Gasteiger charge is 2.19. The highest BCUT2D eigenvalue weighted by atomic mass is 16.6. The summed E-state index contributed by atoms with van der Waals surface area (Å²) in [6, 6.07) is -2.96. The van der Waals surface area contributed by atoms with Gasteiger partial charge in [-0.2, -0.15) is 0 Å². The molecule has 0 heterocycles. The van der Waals surface area contributed by atoms with E-state index in [0.717, 1.165) is 0 Å². The van der Waals surface area contributed by atoms with Crippen LogP contribution in [-0.4, -0.2) is 21.3 Å². The van der Waals surface area contributed by atoms with Gasteiger partial charge in [0.2, 0.25) is 0 Å². The first-order valence-electron chi connectivity index (χ1n) is 7.83. The molecule has 0 saturated heterocycles. The average molecular weight is 207 g/mol. The van der Waals surface area contributed by atoms with Crippen molar-refractivity contribution in [1.29, 1.82) is 0 Å². The molecule has 0 N–H and O–H groups in total. The Bertz CT molecular complexity index is 753. The Labute approximate surface area is 99.8 Å². The van der Waals surface area contributed by atoms with Crippen molar-refractivity contribution >= 4 is 23.4 Å². The number of hydrogen-bond donors (Lipinski definition) is 0. The summed E-state index contributed by atoms with van der Waals surface area (Å²) in [5.41, 5.74) is 0.0213. The Morgan fingerprint density at radius 2 is 1.67 bits per heavy atom. The maximum atomic E-state index is 8.04. The van der Waals surface area contributed by atoms with Gasteiger partial charge in [-0.1, -0.05) is 42.3 Å². The van der Waals surface area contributed by atoms with Gasteiger partial charge in [0.05, 0.1) is 9.60 Å². The first-order valence-corrected chi connectivity index (χ1v) is 4.33. The molecule has 0 saturated carbocycles. The molecule has 2 nitrogen and oxygen atoms in total. The maximum absolute atomic E-state index is 8.04. The van der Waals surface area contributed by atoms with Gasteiger partial charge in [-0.05, 0) is 16.2 Å². The lowest BCUT2D eigenvalue weighted by molar-refractivity contribution is 0.292. The number of benzene rings is 2. The molecule has 0 aliphatic heterocycles. The van der Waals surface area contributed by atoms with Crippen LogP contribution < -0.4 is 5.46 Å². The van der Waals surface area contributed by atoms with E-state index in [4.69, 9.17) is 18.9 Å². The lowest BCUT2D eigenvalue weighted by atomic mass is 9.76. The predicted molar refractivity (Wildman–Crippen MR) is 63.4 cm³/mol. The monoisotopic (exact) mass is 207 g/mol. The van der Waals surface area contributed by atoms with Gasteiger partial charge < -0.3 is 9.31 Å². The Morgan fingerprint density at radius 1 is 1.00 bits per heavy atom. The topological polar surface area (TPSA) is 18.5 Å². The molecule has 0 fully saturated rings. The van der Waals surface area contributed by atoms with Gasteiger partial charge in [0, 0.05) is 14.2 Å². The Balaban J connectivity index is 3.15. The SMILES string of the molecule is [2H]c1c([2H])c([2H])c2c(B(OC)OC)c([2H])c([2H])c([2H])c2c1[2H]. The predicted octanol–water partition coefficient (Wildman–Crippen LogP) is 1.83. The first kappa shape index (κ1) is 4.68. The second-order valence-electron chi connectivity index (χ2n) is 2.84. The van der Waals surface area contributed by atoms with Crippen LogP contribution in [0.25, 0.3) is 10.8 Å². The van der Waals surface area contributed by atoms with Crippen LogP contribution in [0.3, 0.4) is 0 Å². The van der Waals surface area contributed by atoms with Gasteiger partial charge in [0.15, 0.2) is 0 Å². The van der Waals surface area contributed by atoms with E-state index in [0.29, 0.717) is 0 Å². The van der Waals surface area contributed by atoms with E-state index in [1.807, 2.05) is 0 Å². The van der Waals surface area contributed by atoms with Crippen LogP contribution in [0.2, 0.25) is 0 Å². The highest BCUT2D eigenvalue weighted by Crippen LogP contribution is 2.11. The van der Waals surface area contributed by atoms with Crippen LogP contribution in [0.5, 0.6) is 0 Å². The summed E-state index contributed by atoms with van der Waals surface area (Å²) in [6.45, 7) is 0. The molecule has 0 atom stereocenters. The van der Waals surface area contributed by atoms with E-state index in [-0.39, 0.29) is 28.3 Å². The van der Waals surface area contributed by atoms with Crippen molar-refractivity contribution in [3.05, 3.63) is 42.3 Å². The third kappa shape index (κ3) is 1.89. The van der Waals surface area contributed by atoms with Crippen molar-refractivity contribution in [2.75, 3.05) is 14.2 Å². The summed E-state index contributed by atoms with van der Waals surface area (Å²) in [7, 11) is 1.58. The van der Waals surface area contributed by atoms with E-state index in [1.54, 1.807) is 0 Å². The molecule has 15 heavy (non-hydrogen) atoms. The molecule has 76 valence electrons. The average Bonchev–Trinajstić information content (AvgIpc) is 2.51. The van der Waals surface area contributed by atoms with E-state index >= 15 is 0 Å². The second kappa shape index (κ2) is 4.47. The maximum Gasteiger partial charge on any atom is 0.494 e. The van der Waals surface area contributed by atoms with E-state index in [2.05, 4.69) is 0 Å². The second-order valence-corrected chi connectivity index (χ2v) is 2.84. The summed E-state index contributed by atoms with van der Waals surface area (Å²) < 4.78 is 65.5. The molecule has 0 aliphatic carbocycles. The minimum Gasteiger partial charge on any atom is -0.410 e. The summed E-state index contributed by atoms with van der Waals surface area (Å²) in [6.07, 6.45) is 0. The molecule has 2 rings (SSSR count). The molecule has 0 spiro atoms. The number of rotatable bonds is 3. The minimum atomic E-state index is -1.07. The number of fused-ring (bicyclic) bond motifs is 1. The zero-order valence-electron chi connectivity index (χ0n) is 15.4. The van der Waals surface area contributed by atoms with Crippen molar-refractivity contribution in [2.24, 2.45) is 0 Å². The minimum absolute atomic E-state index is 0.0213.